The second-order valence-corrected chi connectivity index (χ2v) is 6.43. The van der Waals surface area contributed by atoms with E-state index in [1.54, 1.807) is 18.2 Å². The van der Waals surface area contributed by atoms with Gasteiger partial charge in [-0.05, 0) is 48.4 Å². The summed E-state index contributed by atoms with van der Waals surface area (Å²) in [5.74, 6) is 0.481. The van der Waals surface area contributed by atoms with Crippen molar-refractivity contribution >= 4 is 18.2 Å². The number of imide groups is 1. The average Bonchev–Trinajstić information content (AvgIpc) is 3.23. The van der Waals surface area contributed by atoms with E-state index in [1.807, 2.05) is 0 Å². The molecule has 1 saturated heterocycles. The van der Waals surface area contributed by atoms with Crippen molar-refractivity contribution in [1.29, 1.82) is 0 Å². The van der Waals surface area contributed by atoms with Crippen LogP contribution in [0.25, 0.3) is 0 Å². The molecular weight excluding hydrogens is 388 g/mol. The van der Waals surface area contributed by atoms with Gasteiger partial charge in [0.25, 0.3) is 5.91 Å². The first-order valence-corrected chi connectivity index (χ1v) is 8.52. The maximum absolute atomic E-state index is 12.8. The number of nitrogens with one attached hydrogen (secondary N) is 1. The summed E-state index contributed by atoms with van der Waals surface area (Å²) in [7, 11) is 0. The van der Waals surface area contributed by atoms with Crippen LogP contribution in [0, 0.1) is 0 Å². The van der Waals surface area contributed by atoms with Gasteiger partial charge in [0.15, 0.2) is 11.5 Å². The zero-order chi connectivity index (χ0) is 20.6. The molecule has 8 nitrogen and oxygen atoms in total. The maximum atomic E-state index is 12.8. The molecule has 1 atom stereocenters. The molecule has 0 bridgehead atoms. The average molecular weight is 403 g/mol. The summed E-state index contributed by atoms with van der Waals surface area (Å²) in [6.07, 6.45) is 1.35. The fourth-order valence-electron chi connectivity index (χ4n) is 3.01. The van der Waals surface area contributed by atoms with E-state index in [-0.39, 0.29) is 12.5 Å². The Morgan fingerprint density at radius 2 is 1.90 bits per heavy atom. The molecule has 2 aromatic carbocycles. The summed E-state index contributed by atoms with van der Waals surface area (Å²) in [4.78, 5) is 25.1. The second kappa shape index (κ2) is 7.04. The van der Waals surface area contributed by atoms with E-state index in [2.05, 4.69) is 15.2 Å². The van der Waals surface area contributed by atoms with Gasteiger partial charge in [0.1, 0.15) is 11.3 Å². The molecule has 2 aliphatic heterocycles. The first-order valence-electron chi connectivity index (χ1n) is 8.52. The molecule has 0 spiro atoms. The Morgan fingerprint density at radius 1 is 1.17 bits per heavy atom. The Hall–Kier alpha value is -3.69. The van der Waals surface area contributed by atoms with Gasteiger partial charge < -0.3 is 19.5 Å². The summed E-state index contributed by atoms with van der Waals surface area (Å²) >= 11 is 0. The van der Waals surface area contributed by atoms with Gasteiger partial charge in [-0.2, -0.15) is 13.9 Å². The molecule has 1 N–H and O–H groups in total. The normalized spacial score (nSPS) is 20.6. The van der Waals surface area contributed by atoms with Gasteiger partial charge in [-0.25, -0.2) is 4.79 Å². The van der Waals surface area contributed by atoms with Crippen LogP contribution in [-0.2, 0) is 10.3 Å². The number of urea groups is 1. The monoisotopic (exact) mass is 403 g/mol. The second-order valence-electron chi connectivity index (χ2n) is 6.43. The van der Waals surface area contributed by atoms with Crippen LogP contribution in [0.1, 0.15) is 18.1 Å². The Bertz CT molecular complexity index is 996. The number of ether oxygens (including phenoxy) is 3. The van der Waals surface area contributed by atoms with E-state index in [0.29, 0.717) is 27.6 Å². The minimum Gasteiger partial charge on any atom is -0.454 e. The van der Waals surface area contributed by atoms with E-state index >= 15 is 0 Å². The van der Waals surface area contributed by atoms with Crippen LogP contribution < -0.4 is 19.5 Å². The van der Waals surface area contributed by atoms with Crippen LogP contribution in [0.3, 0.4) is 0 Å². The highest BCUT2D eigenvalue weighted by Crippen LogP contribution is 2.33. The van der Waals surface area contributed by atoms with Crippen LogP contribution in [0.2, 0.25) is 0 Å². The van der Waals surface area contributed by atoms with E-state index < -0.39 is 24.1 Å². The molecule has 0 aliphatic carbocycles. The molecule has 1 fully saturated rings. The molecule has 29 heavy (non-hydrogen) atoms. The molecule has 0 unspecified atom stereocenters. The molecule has 4 rings (SSSR count). The lowest BCUT2D eigenvalue weighted by Crippen LogP contribution is -2.40. The predicted molar refractivity (Wildman–Crippen MR) is 96.0 cm³/mol. The van der Waals surface area contributed by atoms with Crippen molar-refractivity contribution in [2.45, 2.75) is 19.1 Å². The number of fused-ring (bicyclic) bond motifs is 1. The SMILES string of the molecule is C[C@]1(c2ccc(OC(F)F)cc2)NC(=O)N(/N=C\c2ccc3c(c2)OCO3)C1=O. The summed E-state index contributed by atoms with van der Waals surface area (Å²) in [6.45, 7) is -1.32. The molecule has 0 radical (unpaired) electrons. The smallest absolute Gasteiger partial charge is 0.387 e. The first kappa shape index (κ1) is 18.7. The third kappa shape index (κ3) is 3.44. The van der Waals surface area contributed by atoms with Crippen LogP contribution >= 0.6 is 0 Å². The number of hydrazone groups is 1. The Labute approximate surface area is 163 Å². The Morgan fingerprint density at radius 3 is 2.62 bits per heavy atom. The highest BCUT2D eigenvalue weighted by Gasteiger charge is 2.49. The third-order valence-electron chi connectivity index (χ3n) is 4.55. The standard InChI is InChI=1S/C19H15F2N3O5/c1-19(12-3-5-13(6-4-12)29-17(20)21)16(25)24(18(26)23-19)22-9-11-2-7-14-15(8-11)28-10-27-14/h2-9,17H,10H2,1H3,(H,23,26)/b22-9-/t19-/m1/s1. The van der Waals surface area contributed by atoms with Crippen LogP contribution in [0.15, 0.2) is 47.6 Å². The van der Waals surface area contributed by atoms with Gasteiger partial charge in [-0.3, -0.25) is 4.79 Å². The highest BCUT2D eigenvalue weighted by atomic mass is 19.3. The van der Waals surface area contributed by atoms with E-state index in [0.717, 1.165) is 0 Å². The number of hydrogen-bond acceptors (Lipinski definition) is 6. The van der Waals surface area contributed by atoms with Gasteiger partial charge in [-0.1, -0.05) is 12.1 Å². The number of halogens is 2. The van der Waals surface area contributed by atoms with Crippen molar-refractivity contribution in [3.8, 4) is 17.2 Å². The molecule has 3 amide bonds. The van der Waals surface area contributed by atoms with Gasteiger partial charge in [0.05, 0.1) is 6.21 Å². The highest BCUT2D eigenvalue weighted by molar-refractivity contribution is 6.07. The zero-order valence-electron chi connectivity index (χ0n) is 15.1. The van der Waals surface area contributed by atoms with Crippen molar-refractivity contribution in [2.24, 2.45) is 5.10 Å². The molecule has 0 aromatic heterocycles. The molecule has 2 aliphatic rings. The summed E-state index contributed by atoms with van der Waals surface area (Å²) in [5.41, 5.74) is -0.387. The van der Waals surface area contributed by atoms with Gasteiger partial charge in [0, 0.05) is 0 Å². The fourth-order valence-corrected chi connectivity index (χ4v) is 3.01. The van der Waals surface area contributed by atoms with Crippen molar-refractivity contribution in [3.63, 3.8) is 0 Å². The summed E-state index contributed by atoms with van der Waals surface area (Å²) in [5, 5.41) is 7.28. The number of carbonyl (C=O) groups excluding carboxylic acids is 2. The van der Waals surface area contributed by atoms with Crippen LogP contribution in [-0.4, -0.2) is 36.6 Å². The summed E-state index contributed by atoms with van der Waals surface area (Å²) in [6, 6.07) is 9.82. The van der Waals surface area contributed by atoms with Crippen molar-refractivity contribution < 1.29 is 32.6 Å². The third-order valence-corrected chi connectivity index (χ3v) is 4.55. The van der Waals surface area contributed by atoms with Gasteiger partial charge in [0.2, 0.25) is 6.79 Å². The van der Waals surface area contributed by atoms with Crippen LogP contribution in [0.4, 0.5) is 13.6 Å². The van der Waals surface area contributed by atoms with E-state index in [4.69, 9.17) is 9.47 Å². The van der Waals surface area contributed by atoms with Crippen molar-refractivity contribution in [2.75, 3.05) is 6.79 Å². The minimum absolute atomic E-state index is 0.0539. The summed E-state index contributed by atoms with van der Waals surface area (Å²) < 4.78 is 39.4. The number of alkyl halides is 2. The molecule has 2 aromatic rings. The molecule has 10 heteroatoms. The maximum Gasteiger partial charge on any atom is 0.387 e. The topological polar surface area (TPSA) is 89.5 Å². The molecule has 0 saturated carbocycles. The number of amides is 3. The Kier molecular flexibility index (Phi) is 4.53. The zero-order valence-corrected chi connectivity index (χ0v) is 15.1. The predicted octanol–water partition coefficient (Wildman–Crippen LogP) is 2.82. The largest absolute Gasteiger partial charge is 0.454 e. The van der Waals surface area contributed by atoms with E-state index in [1.165, 1.54) is 37.4 Å². The van der Waals surface area contributed by atoms with Gasteiger partial charge in [-0.15, -0.1) is 5.01 Å². The minimum atomic E-state index is -2.95. The van der Waals surface area contributed by atoms with Crippen LogP contribution in [0.5, 0.6) is 17.2 Å². The van der Waals surface area contributed by atoms with Crippen molar-refractivity contribution in [3.05, 3.63) is 53.6 Å². The lowest BCUT2D eigenvalue weighted by atomic mass is 9.92. The van der Waals surface area contributed by atoms with Crippen molar-refractivity contribution in [1.82, 2.24) is 10.3 Å². The van der Waals surface area contributed by atoms with Gasteiger partial charge >= 0.3 is 12.6 Å². The number of hydrogen-bond donors (Lipinski definition) is 1. The Balaban J connectivity index is 1.53. The number of benzene rings is 2. The number of carbonyl (C=O) groups is 2. The fraction of sp³-hybridized carbons (Fsp3) is 0.211. The first-order chi connectivity index (χ1) is 13.9. The molecule has 150 valence electrons. The van der Waals surface area contributed by atoms with E-state index in [9.17, 15) is 18.4 Å². The molecular formula is C19H15F2N3O5. The quantitative estimate of drug-likeness (QED) is 0.613. The molecule has 2 heterocycles. The lowest BCUT2D eigenvalue weighted by molar-refractivity contribution is -0.131. The number of rotatable bonds is 5. The number of nitrogens with zero attached hydrogens (tertiary/aromatic N) is 2. The lowest BCUT2D eigenvalue weighted by Gasteiger charge is -2.21.